The van der Waals surface area contributed by atoms with Crippen LogP contribution in [0.25, 0.3) is 22.3 Å². The van der Waals surface area contributed by atoms with Crippen molar-refractivity contribution >= 4 is 28.4 Å². The van der Waals surface area contributed by atoms with Crippen molar-refractivity contribution in [1.29, 1.82) is 0 Å². The Morgan fingerprint density at radius 1 is 1.09 bits per heavy atom. The molecule has 3 aliphatic rings. The van der Waals surface area contributed by atoms with E-state index < -0.39 is 0 Å². The Balaban J connectivity index is 1.11. The van der Waals surface area contributed by atoms with E-state index in [2.05, 4.69) is 68.2 Å². The SMILES string of the molecule is Cc1cc(Nc2nccc(-c3cnc4[nH]ccc4c3)n2)ccc1N1C[C@@H]2C[C@@]1(C)CN2C1CC1. The van der Waals surface area contributed by atoms with Crippen LogP contribution in [0, 0.1) is 6.92 Å². The third-order valence-corrected chi connectivity index (χ3v) is 7.82. The average Bonchev–Trinajstić information content (AvgIpc) is 3.34. The average molecular weight is 452 g/mol. The molecule has 0 radical (unpaired) electrons. The molecule has 4 aromatic rings. The molecule has 1 aromatic carbocycles. The first-order valence-corrected chi connectivity index (χ1v) is 12.2. The molecule has 0 amide bonds. The monoisotopic (exact) mass is 451 g/mol. The molecule has 7 nitrogen and oxygen atoms in total. The number of aromatic nitrogens is 4. The summed E-state index contributed by atoms with van der Waals surface area (Å²) in [4.78, 5) is 22.2. The number of H-pyrrole nitrogens is 1. The molecule has 172 valence electrons. The number of aryl methyl sites for hydroxylation is 1. The van der Waals surface area contributed by atoms with Crippen LogP contribution in [0.15, 0.2) is 55.0 Å². The maximum absolute atomic E-state index is 4.74. The lowest BCUT2D eigenvalue weighted by atomic mass is 10.00. The van der Waals surface area contributed by atoms with E-state index in [0.29, 0.717) is 12.0 Å². The highest BCUT2D eigenvalue weighted by Gasteiger charge is 2.54. The summed E-state index contributed by atoms with van der Waals surface area (Å²) in [5, 5.41) is 4.47. The number of benzene rings is 1. The lowest BCUT2D eigenvalue weighted by Gasteiger charge is -2.42. The number of rotatable bonds is 5. The van der Waals surface area contributed by atoms with Gasteiger partial charge >= 0.3 is 0 Å². The van der Waals surface area contributed by atoms with E-state index in [9.17, 15) is 0 Å². The Bertz CT molecular complexity index is 1390. The van der Waals surface area contributed by atoms with Gasteiger partial charge in [0.2, 0.25) is 5.95 Å². The minimum Gasteiger partial charge on any atom is -0.363 e. The van der Waals surface area contributed by atoms with Crippen LogP contribution in [0.3, 0.4) is 0 Å². The van der Waals surface area contributed by atoms with E-state index in [0.717, 1.165) is 40.6 Å². The van der Waals surface area contributed by atoms with Crippen molar-refractivity contribution in [1.82, 2.24) is 24.8 Å². The molecule has 2 bridgehead atoms. The first-order chi connectivity index (χ1) is 16.6. The van der Waals surface area contributed by atoms with Gasteiger partial charge in [-0.1, -0.05) is 0 Å². The zero-order valence-corrected chi connectivity index (χ0v) is 19.6. The fraction of sp³-hybridized carbons (Fsp3) is 0.370. The van der Waals surface area contributed by atoms with Gasteiger partial charge in [-0.2, -0.15) is 0 Å². The molecular formula is C27H29N7. The van der Waals surface area contributed by atoms with Gasteiger partial charge in [0.1, 0.15) is 5.65 Å². The van der Waals surface area contributed by atoms with Gasteiger partial charge in [-0.15, -0.1) is 0 Å². The quantitative estimate of drug-likeness (QED) is 0.450. The van der Waals surface area contributed by atoms with Crippen LogP contribution in [0.2, 0.25) is 0 Å². The van der Waals surface area contributed by atoms with E-state index in [-0.39, 0.29) is 5.54 Å². The molecule has 2 atom stereocenters. The number of anilines is 3. The maximum Gasteiger partial charge on any atom is 0.227 e. The number of nitrogens with one attached hydrogen (secondary N) is 2. The summed E-state index contributed by atoms with van der Waals surface area (Å²) in [5.74, 6) is 0.589. The molecule has 7 rings (SSSR count). The van der Waals surface area contributed by atoms with Crippen molar-refractivity contribution in [3.8, 4) is 11.3 Å². The van der Waals surface area contributed by atoms with Gasteiger partial charge < -0.3 is 15.2 Å². The number of aromatic amines is 1. The molecule has 2 N–H and O–H groups in total. The molecule has 7 heteroatoms. The number of piperazine rings is 1. The molecule has 2 saturated heterocycles. The molecule has 0 unspecified atom stereocenters. The lowest BCUT2D eigenvalue weighted by Crippen LogP contribution is -2.53. The molecule has 3 aromatic heterocycles. The predicted octanol–water partition coefficient (Wildman–Crippen LogP) is 4.89. The van der Waals surface area contributed by atoms with Gasteiger partial charge in [0.15, 0.2) is 0 Å². The molecule has 1 aliphatic carbocycles. The number of hydrogen-bond acceptors (Lipinski definition) is 6. The van der Waals surface area contributed by atoms with Crippen LogP contribution in [0.5, 0.6) is 0 Å². The highest BCUT2D eigenvalue weighted by Crippen LogP contribution is 2.47. The van der Waals surface area contributed by atoms with Crippen LogP contribution in [0.4, 0.5) is 17.3 Å². The normalized spacial score (nSPS) is 24.3. The van der Waals surface area contributed by atoms with Crippen molar-refractivity contribution < 1.29 is 0 Å². The number of fused-ring (bicyclic) bond motifs is 3. The fourth-order valence-electron chi connectivity index (χ4n) is 6.06. The van der Waals surface area contributed by atoms with Crippen molar-refractivity contribution in [2.75, 3.05) is 23.3 Å². The smallest absolute Gasteiger partial charge is 0.227 e. The largest absolute Gasteiger partial charge is 0.363 e. The van der Waals surface area contributed by atoms with Crippen molar-refractivity contribution in [3.05, 3.63) is 60.6 Å². The van der Waals surface area contributed by atoms with E-state index in [4.69, 9.17) is 4.98 Å². The first-order valence-electron chi connectivity index (χ1n) is 12.2. The van der Waals surface area contributed by atoms with Crippen LogP contribution in [0.1, 0.15) is 31.7 Å². The standard InChI is InChI=1S/C27H29N7/c1-17-11-20(3-6-24(17)34-15-22-13-27(34,2)16-33(22)21-4-5-21)31-26-29-10-8-23(32-26)19-12-18-7-9-28-25(18)30-14-19/h3,6-12,14,21-22H,4-5,13,15-16H2,1-2H3,(H,28,30)(H,29,31,32)/t22-,27-/m0/s1. The molecule has 5 heterocycles. The molecule has 2 aliphatic heterocycles. The van der Waals surface area contributed by atoms with Crippen LogP contribution >= 0.6 is 0 Å². The van der Waals surface area contributed by atoms with Gasteiger partial charge in [-0.25, -0.2) is 15.0 Å². The summed E-state index contributed by atoms with van der Waals surface area (Å²) in [6.07, 6.45) is 9.61. The van der Waals surface area contributed by atoms with Gasteiger partial charge in [0, 0.05) is 66.1 Å². The highest BCUT2D eigenvalue weighted by atomic mass is 15.4. The number of likely N-dealkylation sites (tertiary alicyclic amines) is 1. The molecule has 3 fully saturated rings. The minimum atomic E-state index is 0.249. The number of hydrogen-bond donors (Lipinski definition) is 2. The topological polar surface area (TPSA) is 73.0 Å². The third-order valence-electron chi connectivity index (χ3n) is 7.82. The Morgan fingerprint density at radius 2 is 2.00 bits per heavy atom. The van der Waals surface area contributed by atoms with Gasteiger partial charge in [-0.05, 0) is 75.1 Å². The van der Waals surface area contributed by atoms with Crippen molar-refractivity contribution in [2.45, 2.75) is 50.7 Å². The van der Waals surface area contributed by atoms with E-state index in [1.54, 1.807) is 6.20 Å². The Labute approximate surface area is 199 Å². The number of pyridine rings is 1. The van der Waals surface area contributed by atoms with Crippen molar-refractivity contribution in [3.63, 3.8) is 0 Å². The molecular weight excluding hydrogens is 422 g/mol. The Morgan fingerprint density at radius 3 is 2.79 bits per heavy atom. The Kier molecular flexibility index (Phi) is 4.27. The zero-order valence-electron chi connectivity index (χ0n) is 19.6. The second-order valence-electron chi connectivity index (χ2n) is 10.4. The van der Waals surface area contributed by atoms with Crippen molar-refractivity contribution in [2.24, 2.45) is 0 Å². The van der Waals surface area contributed by atoms with E-state index in [1.165, 1.54) is 37.1 Å². The Hall–Kier alpha value is -3.45. The van der Waals surface area contributed by atoms with Crippen LogP contribution in [-0.2, 0) is 0 Å². The molecule has 0 spiro atoms. The van der Waals surface area contributed by atoms with Crippen LogP contribution < -0.4 is 10.2 Å². The summed E-state index contributed by atoms with van der Waals surface area (Å²) < 4.78 is 0. The number of nitrogens with zero attached hydrogens (tertiary/aromatic N) is 5. The second-order valence-corrected chi connectivity index (χ2v) is 10.4. The lowest BCUT2D eigenvalue weighted by molar-refractivity contribution is 0.213. The fourth-order valence-corrected chi connectivity index (χ4v) is 6.06. The van der Waals surface area contributed by atoms with E-state index >= 15 is 0 Å². The summed E-state index contributed by atoms with van der Waals surface area (Å²) in [7, 11) is 0. The van der Waals surface area contributed by atoms with Gasteiger partial charge in [0.25, 0.3) is 0 Å². The summed E-state index contributed by atoms with van der Waals surface area (Å²) in [6, 6.07) is 14.2. The molecule has 1 saturated carbocycles. The first kappa shape index (κ1) is 20.0. The predicted molar refractivity (Wildman–Crippen MR) is 135 cm³/mol. The van der Waals surface area contributed by atoms with Gasteiger partial charge in [0.05, 0.1) is 11.2 Å². The van der Waals surface area contributed by atoms with E-state index in [1.807, 2.05) is 24.5 Å². The second kappa shape index (κ2) is 7.27. The zero-order chi connectivity index (χ0) is 22.9. The van der Waals surface area contributed by atoms with Gasteiger partial charge in [-0.3, -0.25) is 4.90 Å². The maximum atomic E-state index is 4.74. The molecule has 34 heavy (non-hydrogen) atoms. The van der Waals surface area contributed by atoms with Crippen LogP contribution in [-0.4, -0.2) is 55.5 Å². The summed E-state index contributed by atoms with van der Waals surface area (Å²) in [5.41, 5.74) is 6.60. The highest BCUT2D eigenvalue weighted by molar-refractivity contribution is 5.80. The summed E-state index contributed by atoms with van der Waals surface area (Å²) >= 11 is 0. The third kappa shape index (κ3) is 3.26. The summed E-state index contributed by atoms with van der Waals surface area (Å²) in [6.45, 7) is 7.00. The minimum absolute atomic E-state index is 0.249.